The van der Waals surface area contributed by atoms with Gasteiger partial charge in [-0.05, 0) is 51.7 Å². The Bertz CT molecular complexity index is 2760. The van der Waals surface area contributed by atoms with Gasteiger partial charge in [-0.2, -0.15) is 0 Å². The number of rotatable bonds is 4. The van der Waals surface area contributed by atoms with E-state index in [1.165, 1.54) is 54.6 Å². The molecule has 228 valence electrons. The SMILES string of the molecule is c1ccc(-n2c(-c3ccc(-c4ccc(-c5c6ccc7ccccc7c6nc6c5ccc5ccccc56)cc4)cc3)nc3ccccc32)cc1. The van der Waals surface area contributed by atoms with Crippen LogP contribution in [-0.2, 0) is 0 Å². The van der Waals surface area contributed by atoms with Crippen LogP contribution in [0.3, 0.4) is 0 Å². The van der Waals surface area contributed by atoms with Gasteiger partial charge in [0.05, 0.1) is 22.1 Å². The molecule has 0 saturated heterocycles. The summed E-state index contributed by atoms with van der Waals surface area (Å²) in [6.07, 6.45) is 0. The number of hydrogen-bond acceptors (Lipinski definition) is 2. The highest BCUT2D eigenvalue weighted by atomic mass is 15.1. The fourth-order valence-electron chi connectivity index (χ4n) is 7.42. The molecule has 2 heterocycles. The molecule has 0 radical (unpaired) electrons. The number of hydrogen-bond donors (Lipinski definition) is 0. The van der Waals surface area contributed by atoms with Crippen LogP contribution in [0.4, 0.5) is 0 Å². The van der Waals surface area contributed by atoms with Gasteiger partial charge < -0.3 is 0 Å². The quantitative estimate of drug-likeness (QED) is 0.144. The van der Waals surface area contributed by atoms with Crippen LogP contribution in [0.25, 0.3) is 93.7 Å². The standard InChI is InChI=1S/C46H29N3/c1-2-12-36(13-3-1)49-42-17-9-8-16-41(42)47-46(49)35-24-20-31(21-25-35)30-18-22-34(23-19-30)43-39-28-26-32-10-4-6-14-37(32)44(39)48-45-38-15-7-5-11-33(38)27-29-40(43)45/h1-29H. The summed E-state index contributed by atoms with van der Waals surface area (Å²) in [6.45, 7) is 0. The molecule has 3 nitrogen and oxygen atoms in total. The van der Waals surface area contributed by atoms with Crippen LogP contribution in [-0.4, -0.2) is 14.5 Å². The first-order valence-corrected chi connectivity index (χ1v) is 16.7. The second-order valence-corrected chi connectivity index (χ2v) is 12.6. The van der Waals surface area contributed by atoms with Crippen molar-refractivity contribution < 1.29 is 0 Å². The van der Waals surface area contributed by atoms with E-state index in [0.29, 0.717) is 0 Å². The Morgan fingerprint density at radius 3 is 1.49 bits per heavy atom. The number of imidazole rings is 1. The Balaban J connectivity index is 1.09. The van der Waals surface area contributed by atoms with E-state index in [4.69, 9.17) is 9.97 Å². The molecule has 0 fully saturated rings. The third-order valence-corrected chi connectivity index (χ3v) is 9.79. The highest BCUT2D eigenvalue weighted by Gasteiger charge is 2.17. The molecule has 2 aromatic heterocycles. The minimum Gasteiger partial charge on any atom is -0.292 e. The highest BCUT2D eigenvalue weighted by Crippen LogP contribution is 2.40. The predicted octanol–water partition coefficient (Wildman–Crippen LogP) is 12.0. The van der Waals surface area contributed by atoms with Crippen LogP contribution < -0.4 is 0 Å². The Kier molecular flexibility index (Phi) is 6.18. The molecule has 0 unspecified atom stereocenters. The lowest BCUT2D eigenvalue weighted by atomic mass is 9.91. The van der Waals surface area contributed by atoms with Gasteiger partial charge in [0.25, 0.3) is 0 Å². The second-order valence-electron chi connectivity index (χ2n) is 12.6. The number of fused-ring (bicyclic) bond motifs is 7. The maximum absolute atomic E-state index is 5.35. The predicted molar refractivity (Wildman–Crippen MR) is 205 cm³/mol. The van der Waals surface area contributed by atoms with Crippen molar-refractivity contribution in [2.75, 3.05) is 0 Å². The van der Waals surface area contributed by atoms with Crippen molar-refractivity contribution >= 4 is 54.4 Å². The van der Waals surface area contributed by atoms with E-state index >= 15 is 0 Å². The summed E-state index contributed by atoms with van der Waals surface area (Å²) in [5.74, 6) is 0.936. The number of nitrogens with zero attached hydrogens (tertiary/aromatic N) is 3. The lowest BCUT2D eigenvalue weighted by Gasteiger charge is -2.15. The first kappa shape index (κ1) is 27.5. The number of aromatic nitrogens is 3. The van der Waals surface area contributed by atoms with E-state index in [-0.39, 0.29) is 0 Å². The molecule has 0 N–H and O–H groups in total. The van der Waals surface area contributed by atoms with Crippen molar-refractivity contribution in [3.63, 3.8) is 0 Å². The maximum Gasteiger partial charge on any atom is 0.145 e. The van der Waals surface area contributed by atoms with Crippen molar-refractivity contribution in [3.05, 3.63) is 176 Å². The largest absolute Gasteiger partial charge is 0.292 e. The fourth-order valence-corrected chi connectivity index (χ4v) is 7.42. The molecule has 0 amide bonds. The smallest absolute Gasteiger partial charge is 0.145 e. The summed E-state index contributed by atoms with van der Waals surface area (Å²) in [7, 11) is 0. The van der Waals surface area contributed by atoms with E-state index in [9.17, 15) is 0 Å². The second kappa shape index (κ2) is 11.0. The Morgan fingerprint density at radius 2 is 0.857 bits per heavy atom. The lowest BCUT2D eigenvalue weighted by molar-refractivity contribution is 1.10. The van der Waals surface area contributed by atoms with Gasteiger partial charge in [0.2, 0.25) is 0 Å². The van der Waals surface area contributed by atoms with Gasteiger partial charge in [0.15, 0.2) is 0 Å². The fraction of sp³-hybridized carbons (Fsp3) is 0. The van der Waals surface area contributed by atoms with Gasteiger partial charge >= 0.3 is 0 Å². The summed E-state index contributed by atoms with van der Waals surface area (Å²) in [4.78, 5) is 10.4. The normalized spacial score (nSPS) is 11.7. The summed E-state index contributed by atoms with van der Waals surface area (Å²) in [5.41, 5.74) is 11.1. The maximum atomic E-state index is 5.35. The minimum absolute atomic E-state index is 0.936. The highest BCUT2D eigenvalue weighted by molar-refractivity contribution is 6.21. The van der Waals surface area contributed by atoms with Crippen molar-refractivity contribution in [2.45, 2.75) is 0 Å². The van der Waals surface area contributed by atoms with Crippen LogP contribution >= 0.6 is 0 Å². The van der Waals surface area contributed by atoms with E-state index in [2.05, 4.69) is 168 Å². The van der Waals surface area contributed by atoms with Gasteiger partial charge in [0.1, 0.15) is 5.82 Å². The van der Waals surface area contributed by atoms with E-state index in [1.54, 1.807) is 0 Å². The zero-order valence-electron chi connectivity index (χ0n) is 26.6. The summed E-state index contributed by atoms with van der Waals surface area (Å²) in [5, 5.41) is 7.08. The first-order valence-electron chi connectivity index (χ1n) is 16.7. The molecule has 10 rings (SSSR count). The van der Waals surface area contributed by atoms with Crippen LogP contribution in [0.15, 0.2) is 176 Å². The Hall–Kier alpha value is -6.58. The molecule has 0 aliphatic rings. The van der Waals surface area contributed by atoms with Crippen molar-refractivity contribution in [3.8, 4) is 39.3 Å². The average Bonchev–Trinajstić information content (AvgIpc) is 3.57. The van der Waals surface area contributed by atoms with Crippen LogP contribution in [0.5, 0.6) is 0 Å². The number of pyridine rings is 1. The zero-order valence-corrected chi connectivity index (χ0v) is 26.6. The third kappa shape index (κ3) is 4.44. The molecule has 0 saturated carbocycles. The van der Waals surface area contributed by atoms with Crippen LogP contribution in [0, 0.1) is 0 Å². The molecule has 8 aromatic carbocycles. The molecule has 0 aliphatic heterocycles. The molecule has 3 heteroatoms. The number of benzene rings is 8. The number of para-hydroxylation sites is 3. The molecule has 0 aliphatic carbocycles. The molecular weight excluding hydrogens is 595 g/mol. The molecule has 0 bridgehead atoms. The van der Waals surface area contributed by atoms with Gasteiger partial charge in [-0.25, -0.2) is 9.97 Å². The van der Waals surface area contributed by atoms with E-state index in [1.807, 2.05) is 12.1 Å². The summed E-state index contributed by atoms with van der Waals surface area (Å²) in [6, 6.07) is 62.6. The van der Waals surface area contributed by atoms with Gasteiger partial charge in [-0.1, -0.05) is 152 Å². The lowest BCUT2D eigenvalue weighted by Crippen LogP contribution is -1.97. The molecular formula is C46H29N3. The van der Waals surface area contributed by atoms with E-state index in [0.717, 1.165) is 39.1 Å². The van der Waals surface area contributed by atoms with Crippen LogP contribution in [0.1, 0.15) is 0 Å². The molecule has 0 atom stereocenters. The topological polar surface area (TPSA) is 30.7 Å². The molecule has 10 aromatic rings. The monoisotopic (exact) mass is 623 g/mol. The average molecular weight is 624 g/mol. The third-order valence-electron chi connectivity index (χ3n) is 9.79. The van der Waals surface area contributed by atoms with Crippen molar-refractivity contribution in [1.29, 1.82) is 0 Å². The molecule has 0 spiro atoms. The minimum atomic E-state index is 0.936. The van der Waals surface area contributed by atoms with Gasteiger partial charge in [-0.15, -0.1) is 0 Å². The van der Waals surface area contributed by atoms with Crippen molar-refractivity contribution in [2.24, 2.45) is 0 Å². The Labute approximate surface area is 283 Å². The van der Waals surface area contributed by atoms with E-state index < -0.39 is 0 Å². The first-order chi connectivity index (χ1) is 24.3. The summed E-state index contributed by atoms with van der Waals surface area (Å²) >= 11 is 0. The zero-order chi connectivity index (χ0) is 32.3. The Morgan fingerprint density at radius 1 is 0.347 bits per heavy atom. The van der Waals surface area contributed by atoms with Crippen molar-refractivity contribution in [1.82, 2.24) is 14.5 Å². The van der Waals surface area contributed by atoms with Gasteiger partial charge in [-0.3, -0.25) is 4.57 Å². The van der Waals surface area contributed by atoms with Gasteiger partial charge in [0, 0.05) is 38.4 Å². The summed E-state index contributed by atoms with van der Waals surface area (Å²) < 4.78 is 2.24. The molecule has 49 heavy (non-hydrogen) atoms. The van der Waals surface area contributed by atoms with Crippen LogP contribution in [0.2, 0.25) is 0 Å².